The van der Waals surface area contributed by atoms with Crippen LogP contribution in [0.15, 0.2) is 119 Å². The standard InChI is InChI=1S/C39H44BrN3O4S/c1-29(2)32-20-24-35(25-21-32)43(48(46,47)36-16-10-5-11-17-36)28-38(44)42(27-31-18-22-33(40)23-19-31)37(26-30-12-6-3-7-13-30)39(45)41-34-14-8-4-9-15-34/h3,5-7,10-13,16-25,29,34,37H,4,8-9,14-15,26-28H2,1-2H3,(H,41,45)/t37-/m0/s1. The van der Waals surface area contributed by atoms with Crippen LogP contribution in [0.2, 0.25) is 0 Å². The van der Waals surface area contributed by atoms with Crippen LogP contribution < -0.4 is 9.62 Å². The maximum atomic E-state index is 14.7. The molecule has 0 radical (unpaired) electrons. The van der Waals surface area contributed by atoms with Gasteiger partial charge in [0.15, 0.2) is 0 Å². The van der Waals surface area contributed by atoms with Crippen molar-refractivity contribution in [1.29, 1.82) is 0 Å². The van der Waals surface area contributed by atoms with E-state index in [-0.39, 0.29) is 35.7 Å². The molecule has 48 heavy (non-hydrogen) atoms. The molecule has 0 spiro atoms. The molecule has 4 aromatic rings. The first-order valence-corrected chi connectivity index (χ1v) is 18.9. The molecule has 0 bridgehead atoms. The second-order valence-corrected chi connectivity index (χ2v) is 15.5. The highest BCUT2D eigenvalue weighted by atomic mass is 79.9. The highest BCUT2D eigenvalue weighted by molar-refractivity contribution is 9.10. The van der Waals surface area contributed by atoms with E-state index >= 15 is 0 Å². The lowest BCUT2D eigenvalue weighted by atomic mass is 9.94. The molecule has 0 heterocycles. The number of benzene rings is 4. The van der Waals surface area contributed by atoms with Crippen molar-refractivity contribution < 1.29 is 18.0 Å². The minimum absolute atomic E-state index is 0.0450. The lowest BCUT2D eigenvalue weighted by Gasteiger charge is -2.35. The highest BCUT2D eigenvalue weighted by Crippen LogP contribution is 2.27. The molecule has 0 aromatic heterocycles. The number of carbonyl (C=O) groups excluding carboxylic acids is 2. The Bertz CT molecular complexity index is 1740. The zero-order chi connectivity index (χ0) is 34.1. The number of nitrogens with one attached hydrogen (secondary N) is 1. The summed E-state index contributed by atoms with van der Waals surface area (Å²) >= 11 is 3.49. The van der Waals surface area contributed by atoms with Crippen molar-refractivity contribution in [3.8, 4) is 0 Å². The van der Waals surface area contributed by atoms with Crippen LogP contribution in [0.1, 0.15) is 68.6 Å². The largest absolute Gasteiger partial charge is 0.352 e. The van der Waals surface area contributed by atoms with Gasteiger partial charge in [-0.3, -0.25) is 13.9 Å². The number of sulfonamides is 1. The third-order valence-corrected chi connectivity index (χ3v) is 11.3. The van der Waals surface area contributed by atoms with Gasteiger partial charge in [0.25, 0.3) is 10.0 Å². The predicted molar refractivity (Wildman–Crippen MR) is 195 cm³/mol. The molecule has 5 rings (SSSR count). The van der Waals surface area contributed by atoms with Crippen LogP contribution in [-0.4, -0.2) is 43.8 Å². The van der Waals surface area contributed by atoms with E-state index in [1.165, 1.54) is 16.4 Å². The van der Waals surface area contributed by atoms with Crippen molar-refractivity contribution in [2.24, 2.45) is 0 Å². The first-order valence-electron chi connectivity index (χ1n) is 16.7. The van der Waals surface area contributed by atoms with E-state index in [4.69, 9.17) is 0 Å². The Balaban J connectivity index is 1.56. The summed E-state index contributed by atoms with van der Waals surface area (Å²) in [5.74, 6) is -0.442. The molecular weight excluding hydrogens is 686 g/mol. The summed E-state index contributed by atoms with van der Waals surface area (Å²) in [6.07, 6.45) is 5.35. The Hall–Kier alpha value is -3.95. The Morgan fingerprint density at radius 1 is 0.792 bits per heavy atom. The summed E-state index contributed by atoms with van der Waals surface area (Å²) < 4.78 is 30.5. The molecule has 1 atom stereocenters. The maximum absolute atomic E-state index is 14.7. The summed E-state index contributed by atoms with van der Waals surface area (Å²) in [6.45, 7) is 3.80. The topological polar surface area (TPSA) is 86.8 Å². The number of nitrogens with zero attached hydrogens (tertiary/aromatic N) is 2. The van der Waals surface area contributed by atoms with Crippen LogP contribution in [0, 0.1) is 0 Å². The van der Waals surface area contributed by atoms with Crippen molar-refractivity contribution in [3.63, 3.8) is 0 Å². The van der Waals surface area contributed by atoms with E-state index in [1.807, 2.05) is 66.7 Å². The van der Waals surface area contributed by atoms with Crippen molar-refractivity contribution >= 4 is 43.5 Å². The van der Waals surface area contributed by atoms with Gasteiger partial charge in [-0.25, -0.2) is 8.42 Å². The van der Waals surface area contributed by atoms with Crippen molar-refractivity contribution in [3.05, 3.63) is 130 Å². The van der Waals surface area contributed by atoms with Gasteiger partial charge in [-0.1, -0.05) is 122 Å². The molecule has 252 valence electrons. The molecule has 0 unspecified atom stereocenters. The van der Waals surface area contributed by atoms with Crippen LogP contribution in [0.3, 0.4) is 0 Å². The van der Waals surface area contributed by atoms with Gasteiger partial charge in [-0.05, 0) is 71.8 Å². The Kier molecular flexibility index (Phi) is 12.1. The summed E-state index contributed by atoms with van der Waals surface area (Å²) in [5.41, 5.74) is 3.18. The van der Waals surface area contributed by atoms with Gasteiger partial charge in [0.1, 0.15) is 12.6 Å². The molecule has 1 saturated carbocycles. The average Bonchev–Trinajstić information content (AvgIpc) is 3.10. The molecule has 2 amide bonds. The van der Waals surface area contributed by atoms with E-state index in [1.54, 1.807) is 35.2 Å². The second kappa shape index (κ2) is 16.4. The third-order valence-electron chi connectivity index (χ3n) is 8.95. The minimum Gasteiger partial charge on any atom is -0.352 e. The fourth-order valence-electron chi connectivity index (χ4n) is 6.16. The van der Waals surface area contributed by atoms with Crippen molar-refractivity contribution in [2.45, 2.75) is 81.8 Å². The molecule has 9 heteroatoms. The molecule has 1 aliphatic rings. The van der Waals surface area contributed by atoms with Crippen molar-refractivity contribution in [2.75, 3.05) is 10.8 Å². The Morgan fingerprint density at radius 2 is 1.40 bits per heavy atom. The van der Waals surface area contributed by atoms with Gasteiger partial charge < -0.3 is 10.2 Å². The van der Waals surface area contributed by atoms with Gasteiger partial charge in [-0.15, -0.1) is 0 Å². The van der Waals surface area contributed by atoms with E-state index in [0.717, 1.165) is 53.3 Å². The van der Waals surface area contributed by atoms with Crippen LogP contribution in [-0.2, 0) is 32.6 Å². The molecule has 4 aromatic carbocycles. The lowest BCUT2D eigenvalue weighted by molar-refractivity contribution is -0.140. The van der Waals surface area contributed by atoms with E-state index < -0.39 is 28.5 Å². The number of halogens is 1. The average molecular weight is 731 g/mol. The van der Waals surface area contributed by atoms with Crippen LogP contribution in [0.5, 0.6) is 0 Å². The molecule has 0 saturated heterocycles. The molecule has 1 N–H and O–H groups in total. The van der Waals surface area contributed by atoms with Gasteiger partial charge in [0.2, 0.25) is 11.8 Å². The van der Waals surface area contributed by atoms with Crippen LogP contribution in [0.25, 0.3) is 0 Å². The third kappa shape index (κ3) is 9.14. The number of carbonyl (C=O) groups is 2. The van der Waals surface area contributed by atoms with Crippen molar-refractivity contribution in [1.82, 2.24) is 10.2 Å². The zero-order valence-corrected chi connectivity index (χ0v) is 30.0. The Labute approximate surface area is 293 Å². The first-order chi connectivity index (χ1) is 23.1. The summed E-state index contributed by atoms with van der Waals surface area (Å²) in [6, 6.07) is 31.9. The molecule has 1 fully saturated rings. The quantitative estimate of drug-likeness (QED) is 0.152. The van der Waals surface area contributed by atoms with Crippen LogP contribution in [0.4, 0.5) is 5.69 Å². The summed E-state index contributed by atoms with van der Waals surface area (Å²) in [4.78, 5) is 30.6. The lowest BCUT2D eigenvalue weighted by Crippen LogP contribution is -2.55. The number of amides is 2. The molecule has 0 aliphatic heterocycles. The molecular formula is C39H44BrN3O4S. The van der Waals surface area contributed by atoms with Gasteiger partial charge in [0.05, 0.1) is 10.6 Å². The SMILES string of the molecule is CC(C)c1ccc(N(CC(=O)N(Cc2ccc(Br)cc2)[C@@H](Cc2ccccc2)C(=O)NC2CCCCC2)S(=O)(=O)c2ccccc2)cc1. The smallest absolute Gasteiger partial charge is 0.264 e. The zero-order valence-electron chi connectivity index (χ0n) is 27.6. The number of anilines is 1. The first kappa shape index (κ1) is 35.4. The summed E-state index contributed by atoms with van der Waals surface area (Å²) in [7, 11) is -4.14. The fraction of sp³-hybridized carbons (Fsp3) is 0.333. The monoisotopic (exact) mass is 729 g/mol. The maximum Gasteiger partial charge on any atom is 0.264 e. The number of hydrogen-bond donors (Lipinski definition) is 1. The number of rotatable bonds is 13. The van der Waals surface area contributed by atoms with E-state index in [9.17, 15) is 18.0 Å². The van der Waals surface area contributed by atoms with Crippen LogP contribution >= 0.6 is 15.9 Å². The van der Waals surface area contributed by atoms with Gasteiger partial charge in [0, 0.05) is 23.5 Å². The number of hydrogen-bond acceptors (Lipinski definition) is 4. The Morgan fingerprint density at radius 3 is 2.00 bits per heavy atom. The van der Waals surface area contributed by atoms with E-state index in [2.05, 4.69) is 35.1 Å². The normalized spacial score (nSPS) is 14.3. The summed E-state index contributed by atoms with van der Waals surface area (Å²) in [5, 5.41) is 3.26. The van der Waals surface area contributed by atoms with Gasteiger partial charge >= 0.3 is 0 Å². The van der Waals surface area contributed by atoms with Gasteiger partial charge in [-0.2, -0.15) is 0 Å². The van der Waals surface area contributed by atoms with E-state index in [0.29, 0.717) is 5.69 Å². The molecule has 7 nitrogen and oxygen atoms in total. The predicted octanol–water partition coefficient (Wildman–Crippen LogP) is 7.86. The fourth-order valence-corrected chi connectivity index (χ4v) is 7.86. The highest BCUT2D eigenvalue weighted by Gasteiger charge is 2.35. The molecule has 1 aliphatic carbocycles. The second-order valence-electron chi connectivity index (χ2n) is 12.8. The minimum atomic E-state index is -4.14.